The molecule has 1 unspecified atom stereocenters. The first-order valence-electron chi connectivity index (χ1n) is 6.29. The fourth-order valence-electron chi connectivity index (χ4n) is 2.24. The van der Waals surface area contributed by atoms with Crippen LogP contribution in [-0.2, 0) is 11.2 Å². The van der Waals surface area contributed by atoms with Gasteiger partial charge in [0.1, 0.15) is 5.82 Å². The van der Waals surface area contributed by atoms with Crippen molar-refractivity contribution in [3.05, 3.63) is 35.6 Å². The highest BCUT2D eigenvalue weighted by Gasteiger charge is 2.41. The summed E-state index contributed by atoms with van der Waals surface area (Å²) in [5.41, 5.74) is 6.11. The third kappa shape index (κ3) is 4.18. The molecule has 1 aromatic carbocycles. The fraction of sp³-hybridized carbons (Fsp3) is 0.500. The van der Waals surface area contributed by atoms with Gasteiger partial charge in [-0.1, -0.05) is 12.1 Å². The minimum atomic E-state index is -0.316. The van der Waals surface area contributed by atoms with Crippen LogP contribution in [0.15, 0.2) is 24.3 Å². The molecule has 1 aromatic rings. The van der Waals surface area contributed by atoms with Crippen LogP contribution in [0.4, 0.5) is 4.39 Å². The van der Waals surface area contributed by atoms with Crippen LogP contribution >= 0.6 is 12.4 Å². The van der Waals surface area contributed by atoms with Gasteiger partial charge in [-0.15, -0.1) is 12.4 Å². The van der Waals surface area contributed by atoms with E-state index in [1.165, 1.54) is 12.1 Å². The molecule has 3 N–H and O–H groups in total. The lowest BCUT2D eigenvalue weighted by Gasteiger charge is -2.29. The Morgan fingerprint density at radius 1 is 1.53 bits per heavy atom. The Balaban J connectivity index is 0.00000180. The second kappa shape index (κ2) is 6.35. The van der Waals surface area contributed by atoms with Gasteiger partial charge in [-0.3, -0.25) is 4.79 Å². The van der Waals surface area contributed by atoms with Crippen LogP contribution in [0, 0.1) is 11.7 Å². The first-order chi connectivity index (χ1) is 8.53. The highest BCUT2D eigenvalue weighted by Crippen LogP contribution is 2.38. The van der Waals surface area contributed by atoms with Crippen LogP contribution < -0.4 is 11.1 Å². The van der Waals surface area contributed by atoms with E-state index in [0.29, 0.717) is 18.0 Å². The quantitative estimate of drug-likeness (QED) is 0.870. The molecular formula is C14H20ClFN2O. The number of carbonyl (C=O) groups is 1. The summed E-state index contributed by atoms with van der Waals surface area (Å²) in [6.07, 6.45) is 2.43. The molecule has 1 aliphatic rings. The van der Waals surface area contributed by atoms with Gasteiger partial charge in [-0.05, 0) is 43.4 Å². The predicted molar refractivity (Wildman–Crippen MR) is 75.7 cm³/mol. The van der Waals surface area contributed by atoms with E-state index in [1.807, 2.05) is 6.92 Å². The van der Waals surface area contributed by atoms with Crippen molar-refractivity contribution in [2.45, 2.75) is 31.7 Å². The Kier molecular flexibility index (Phi) is 5.32. The summed E-state index contributed by atoms with van der Waals surface area (Å²) >= 11 is 0. The summed E-state index contributed by atoms with van der Waals surface area (Å²) in [7, 11) is 0. The van der Waals surface area contributed by atoms with Gasteiger partial charge in [-0.25, -0.2) is 4.39 Å². The van der Waals surface area contributed by atoms with E-state index in [4.69, 9.17) is 5.73 Å². The van der Waals surface area contributed by atoms with Gasteiger partial charge in [-0.2, -0.15) is 0 Å². The Hall–Kier alpha value is -1.13. The van der Waals surface area contributed by atoms with Crippen molar-refractivity contribution >= 4 is 18.3 Å². The third-order valence-electron chi connectivity index (χ3n) is 3.58. The largest absolute Gasteiger partial charge is 0.349 e. The monoisotopic (exact) mass is 286 g/mol. The van der Waals surface area contributed by atoms with Crippen LogP contribution in [0.5, 0.6) is 0 Å². The molecule has 19 heavy (non-hydrogen) atoms. The Labute approximate surface area is 119 Å². The second-order valence-electron chi connectivity index (χ2n) is 5.25. The van der Waals surface area contributed by atoms with Crippen molar-refractivity contribution in [3.8, 4) is 0 Å². The van der Waals surface area contributed by atoms with Crippen molar-refractivity contribution in [2.24, 2.45) is 11.7 Å². The zero-order valence-corrected chi connectivity index (χ0v) is 11.8. The lowest BCUT2D eigenvalue weighted by molar-refractivity contribution is -0.122. The van der Waals surface area contributed by atoms with Crippen molar-refractivity contribution < 1.29 is 9.18 Å². The highest BCUT2D eigenvalue weighted by molar-refractivity contribution is 5.85. The average Bonchev–Trinajstić information content (AvgIpc) is 3.12. The Morgan fingerprint density at radius 2 is 2.21 bits per heavy atom. The lowest BCUT2D eigenvalue weighted by Crippen LogP contribution is -2.53. The fourth-order valence-corrected chi connectivity index (χ4v) is 2.24. The first kappa shape index (κ1) is 15.9. The molecule has 0 spiro atoms. The van der Waals surface area contributed by atoms with Gasteiger partial charge >= 0.3 is 0 Å². The van der Waals surface area contributed by atoms with Gasteiger partial charge < -0.3 is 11.1 Å². The maximum absolute atomic E-state index is 13.0. The molecule has 0 heterocycles. The molecule has 3 nitrogen and oxygen atoms in total. The number of halogens is 2. The summed E-state index contributed by atoms with van der Waals surface area (Å²) in [5.74, 6) is 0.0727. The van der Waals surface area contributed by atoms with E-state index in [-0.39, 0.29) is 36.1 Å². The van der Waals surface area contributed by atoms with Gasteiger partial charge in [0.2, 0.25) is 5.91 Å². The van der Waals surface area contributed by atoms with E-state index in [1.54, 1.807) is 12.1 Å². The van der Waals surface area contributed by atoms with E-state index < -0.39 is 0 Å². The number of rotatable bonds is 5. The Bertz CT molecular complexity index is 451. The number of hydrogen-bond acceptors (Lipinski definition) is 2. The van der Waals surface area contributed by atoms with E-state index in [0.717, 1.165) is 12.8 Å². The van der Waals surface area contributed by atoms with E-state index >= 15 is 0 Å². The smallest absolute Gasteiger partial charge is 0.224 e. The molecule has 1 fully saturated rings. The summed E-state index contributed by atoms with van der Waals surface area (Å²) in [5, 5.41) is 2.99. The van der Waals surface area contributed by atoms with Crippen LogP contribution in [-0.4, -0.2) is 18.0 Å². The van der Waals surface area contributed by atoms with Crippen LogP contribution in [0.3, 0.4) is 0 Å². The van der Waals surface area contributed by atoms with Crippen molar-refractivity contribution in [1.82, 2.24) is 5.32 Å². The van der Waals surface area contributed by atoms with Crippen LogP contribution in [0.25, 0.3) is 0 Å². The lowest BCUT2D eigenvalue weighted by atomic mass is 9.95. The van der Waals surface area contributed by atoms with E-state index in [9.17, 15) is 9.18 Å². The van der Waals surface area contributed by atoms with Gasteiger partial charge in [0, 0.05) is 6.54 Å². The first-order valence-corrected chi connectivity index (χ1v) is 6.29. The maximum atomic E-state index is 13.0. The molecule has 2 rings (SSSR count). The van der Waals surface area contributed by atoms with Gasteiger partial charge in [0.25, 0.3) is 0 Å². The third-order valence-corrected chi connectivity index (χ3v) is 3.58. The van der Waals surface area contributed by atoms with Crippen molar-refractivity contribution in [3.63, 3.8) is 0 Å². The molecular weight excluding hydrogens is 267 g/mol. The van der Waals surface area contributed by atoms with Gasteiger partial charge in [0.15, 0.2) is 0 Å². The summed E-state index contributed by atoms with van der Waals surface area (Å²) < 4.78 is 13.0. The number of nitrogens with one attached hydrogen (secondary N) is 1. The molecule has 0 radical (unpaired) electrons. The second-order valence-corrected chi connectivity index (χ2v) is 5.25. The standard InChI is InChI=1S/C14H19FN2O.ClH/c1-14(9-16,11-5-6-11)17-13(18)8-10-3-2-4-12(15)7-10;/h2-4,7,11H,5-6,8-9,16H2,1H3,(H,17,18);1H. The molecule has 0 aliphatic heterocycles. The minimum absolute atomic E-state index is 0. The van der Waals surface area contributed by atoms with Crippen LogP contribution in [0.2, 0.25) is 0 Å². The normalized spacial score (nSPS) is 17.2. The molecule has 0 bridgehead atoms. The molecule has 0 saturated heterocycles. The van der Waals surface area contributed by atoms with E-state index in [2.05, 4.69) is 5.32 Å². The molecule has 1 saturated carbocycles. The zero-order valence-electron chi connectivity index (χ0n) is 11.0. The molecule has 1 amide bonds. The molecule has 1 atom stereocenters. The molecule has 0 aromatic heterocycles. The van der Waals surface area contributed by atoms with Gasteiger partial charge in [0.05, 0.1) is 12.0 Å². The molecule has 5 heteroatoms. The number of benzene rings is 1. The zero-order chi connectivity index (χ0) is 13.2. The predicted octanol–water partition coefficient (Wildman–Crippen LogP) is 2.03. The Morgan fingerprint density at radius 3 is 2.74 bits per heavy atom. The van der Waals surface area contributed by atoms with Crippen LogP contribution in [0.1, 0.15) is 25.3 Å². The summed E-state index contributed by atoms with van der Waals surface area (Å²) in [6.45, 7) is 2.42. The number of carbonyl (C=O) groups excluding carboxylic acids is 1. The molecule has 106 valence electrons. The minimum Gasteiger partial charge on any atom is -0.349 e. The average molecular weight is 287 g/mol. The number of amides is 1. The topological polar surface area (TPSA) is 55.1 Å². The van der Waals surface area contributed by atoms with Crippen molar-refractivity contribution in [2.75, 3.05) is 6.54 Å². The molecule has 1 aliphatic carbocycles. The highest BCUT2D eigenvalue weighted by atomic mass is 35.5. The SMILES string of the molecule is CC(CN)(NC(=O)Cc1cccc(F)c1)C1CC1.Cl. The number of hydrogen-bond donors (Lipinski definition) is 2. The number of nitrogens with two attached hydrogens (primary N) is 1. The van der Waals surface area contributed by atoms with Crippen molar-refractivity contribution in [1.29, 1.82) is 0 Å². The summed E-state index contributed by atoms with van der Waals surface area (Å²) in [6, 6.07) is 6.12. The maximum Gasteiger partial charge on any atom is 0.224 e. The summed E-state index contributed by atoms with van der Waals surface area (Å²) in [4.78, 5) is 11.9.